The summed E-state index contributed by atoms with van der Waals surface area (Å²) in [5, 5.41) is 1.00. The normalized spacial score (nSPS) is 15.3. The van der Waals surface area contributed by atoms with Gasteiger partial charge in [-0.2, -0.15) is 65.9 Å². The van der Waals surface area contributed by atoms with Gasteiger partial charge >= 0.3 is 49.4 Å². The van der Waals surface area contributed by atoms with Crippen LogP contribution in [-0.2, 0) is 4.79 Å². The van der Waals surface area contributed by atoms with Gasteiger partial charge in [0, 0.05) is 13.0 Å². The Bertz CT molecular complexity index is 805. The van der Waals surface area contributed by atoms with E-state index in [0.717, 1.165) is 5.32 Å². The Morgan fingerprint density at radius 3 is 1.61 bits per heavy atom. The summed E-state index contributed by atoms with van der Waals surface area (Å²) in [6.07, 6.45) is -13.9. The number of hydrogen-bond acceptors (Lipinski definition) is 3. The average molecular weight is 719 g/mol. The second kappa shape index (κ2) is 11.8. The zero-order valence-electron chi connectivity index (χ0n) is 18.5. The molecule has 0 aromatic heterocycles. The standard InChI is InChI=1S/C15H16F17IN4O/c1-37(2,6-33)5-3-4-34-8(38)10(20,21)12(24,25)35(9(18)19)13(26,27)14(28,29)36(15(30,31)32)11(22,23)7(16)17/h7,9H,3-6H2,1-2H3/p+1. The third-order valence-electron chi connectivity index (χ3n) is 4.47. The number of carbonyl (C=O) groups is 1. The van der Waals surface area contributed by atoms with Crippen LogP contribution in [0.2, 0.25) is 0 Å². The van der Waals surface area contributed by atoms with Gasteiger partial charge in [0.05, 0.1) is 20.6 Å². The lowest BCUT2D eigenvalue weighted by Crippen LogP contribution is -2.76. The molecule has 0 spiro atoms. The van der Waals surface area contributed by atoms with E-state index < -0.39 is 71.6 Å². The summed E-state index contributed by atoms with van der Waals surface area (Å²) in [7, 11) is 3.11. The molecule has 0 aromatic rings. The fraction of sp³-hybridized carbons (Fsp3) is 0.933. The number of rotatable bonds is 14. The highest BCUT2D eigenvalue weighted by Crippen LogP contribution is 2.54. The zero-order chi connectivity index (χ0) is 30.9. The van der Waals surface area contributed by atoms with Crippen LogP contribution >= 0.6 is 22.6 Å². The van der Waals surface area contributed by atoms with E-state index in [2.05, 4.69) is 0 Å². The average Bonchev–Trinajstić information content (AvgIpc) is 2.68. The van der Waals surface area contributed by atoms with E-state index in [1.54, 1.807) is 14.1 Å². The molecule has 0 saturated carbocycles. The summed E-state index contributed by atoms with van der Waals surface area (Å²) in [4.78, 5) is 3.20. The summed E-state index contributed by atoms with van der Waals surface area (Å²) >= 11 is 1.86. The summed E-state index contributed by atoms with van der Waals surface area (Å²) in [5.74, 6) is -10.2. The van der Waals surface area contributed by atoms with Gasteiger partial charge in [-0.05, 0) is 22.6 Å². The minimum absolute atomic E-state index is 0.0459. The van der Waals surface area contributed by atoms with E-state index in [-0.39, 0.29) is 17.4 Å². The van der Waals surface area contributed by atoms with Crippen molar-refractivity contribution in [1.29, 1.82) is 0 Å². The number of hydrogen-bond donors (Lipinski definition) is 1. The molecule has 0 heterocycles. The van der Waals surface area contributed by atoms with Crippen LogP contribution in [0.15, 0.2) is 0 Å². The minimum atomic E-state index is -8.19. The van der Waals surface area contributed by atoms with Crippen LogP contribution in [0, 0.1) is 0 Å². The lowest BCUT2D eigenvalue weighted by atomic mass is 10.2. The molecule has 0 atom stereocenters. The van der Waals surface area contributed by atoms with Crippen molar-refractivity contribution in [1.82, 2.24) is 15.1 Å². The molecule has 0 aliphatic heterocycles. The lowest BCUT2D eigenvalue weighted by Gasteiger charge is -2.45. The molecule has 0 aliphatic rings. The molecule has 38 heavy (non-hydrogen) atoms. The Morgan fingerprint density at radius 2 is 1.26 bits per heavy atom. The van der Waals surface area contributed by atoms with Gasteiger partial charge in [-0.25, -0.2) is 8.78 Å². The first kappa shape index (κ1) is 36.9. The highest BCUT2D eigenvalue weighted by Gasteiger charge is 2.83. The summed E-state index contributed by atoms with van der Waals surface area (Å²) in [6, 6.07) is -31.2. The molecular weight excluding hydrogens is 702 g/mol. The molecule has 0 radical (unpaired) electrons. The number of nitrogens with zero attached hydrogens (tertiary/aromatic N) is 3. The smallest absolute Gasteiger partial charge is 0.350 e. The molecule has 1 amide bonds. The van der Waals surface area contributed by atoms with Crippen molar-refractivity contribution in [2.45, 2.75) is 55.8 Å². The molecule has 0 saturated heterocycles. The molecule has 1 N–H and O–H groups in total. The third kappa shape index (κ3) is 7.34. The van der Waals surface area contributed by atoms with Crippen molar-refractivity contribution < 1.29 is 83.9 Å². The second-order valence-corrected chi connectivity index (χ2v) is 8.61. The van der Waals surface area contributed by atoms with Crippen LogP contribution < -0.4 is 5.32 Å². The van der Waals surface area contributed by atoms with Crippen molar-refractivity contribution in [3.63, 3.8) is 0 Å². The molecule has 0 unspecified atom stereocenters. The largest absolute Gasteiger partial charge is 0.469 e. The Hall–Kier alpha value is -1.11. The van der Waals surface area contributed by atoms with Crippen molar-refractivity contribution in [3.05, 3.63) is 0 Å². The van der Waals surface area contributed by atoms with Gasteiger partial charge in [0.1, 0.15) is 4.55 Å². The highest BCUT2D eigenvalue weighted by atomic mass is 127. The van der Waals surface area contributed by atoms with Crippen molar-refractivity contribution in [2.75, 3.05) is 31.7 Å². The molecule has 0 aromatic carbocycles. The quantitative estimate of drug-likeness (QED) is 0.0637. The van der Waals surface area contributed by atoms with Crippen molar-refractivity contribution in [3.8, 4) is 0 Å². The van der Waals surface area contributed by atoms with Crippen LogP contribution in [-0.4, -0.2) is 101 Å². The molecule has 0 aliphatic carbocycles. The van der Waals surface area contributed by atoms with Gasteiger partial charge in [-0.15, -0.1) is 4.90 Å². The molecular formula is C15H17F17IN4O+. The summed E-state index contributed by atoms with van der Waals surface area (Å²) in [5.41, 5.74) is 0. The Kier molecular flexibility index (Phi) is 11.4. The topological polar surface area (TPSA) is 35.6 Å². The number of halogens is 18. The Labute approximate surface area is 215 Å². The van der Waals surface area contributed by atoms with E-state index in [4.69, 9.17) is 0 Å². The van der Waals surface area contributed by atoms with Crippen LogP contribution in [0.1, 0.15) is 6.42 Å². The zero-order valence-corrected chi connectivity index (χ0v) is 20.7. The Morgan fingerprint density at radius 1 is 0.816 bits per heavy atom. The van der Waals surface area contributed by atoms with E-state index in [0.29, 0.717) is 4.55 Å². The minimum Gasteiger partial charge on any atom is -0.350 e. The Balaban J connectivity index is 6.52. The van der Waals surface area contributed by atoms with Crippen LogP contribution in [0.25, 0.3) is 0 Å². The molecule has 0 fully saturated rings. The van der Waals surface area contributed by atoms with E-state index in [1.807, 2.05) is 22.6 Å². The van der Waals surface area contributed by atoms with E-state index >= 15 is 0 Å². The molecule has 23 heteroatoms. The second-order valence-electron chi connectivity index (χ2n) is 7.93. The van der Waals surface area contributed by atoms with Crippen LogP contribution in [0.4, 0.5) is 74.6 Å². The lowest BCUT2D eigenvalue weighted by molar-refractivity contribution is -0.874. The molecule has 0 bridgehead atoms. The van der Waals surface area contributed by atoms with Gasteiger partial charge in [0.15, 0.2) is 0 Å². The maximum atomic E-state index is 14.1. The monoisotopic (exact) mass is 719 g/mol. The van der Waals surface area contributed by atoms with Crippen molar-refractivity contribution in [2.24, 2.45) is 0 Å². The van der Waals surface area contributed by atoms with Gasteiger partial charge in [-0.1, -0.05) is 4.90 Å². The van der Waals surface area contributed by atoms with Crippen molar-refractivity contribution >= 4 is 28.5 Å². The predicted octanol–water partition coefficient (Wildman–Crippen LogP) is 5.58. The van der Waals surface area contributed by atoms with E-state index in [1.165, 1.54) is 0 Å². The molecule has 5 nitrogen and oxygen atoms in total. The maximum Gasteiger partial charge on any atom is 0.469 e. The molecule has 228 valence electrons. The van der Waals surface area contributed by atoms with E-state index in [9.17, 15) is 79.4 Å². The van der Waals surface area contributed by atoms with Crippen LogP contribution in [0.3, 0.4) is 0 Å². The number of nitrogens with one attached hydrogen (secondary N) is 1. The van der Waals surface area contributed by atoms with Gasteiger partial charge in [0.2, 0.25) is 0 Å². The number of quaternary nitrogens is 1. The first-order valence-electron chi connectivity index (χ1n) is 9.35. The third-order valence-corrected chi connectivity index (χ3v) is 6.32. The fourth-order valence-electron chi connectivity index (χ4n) is 2.48. The number of alkyl halides is 18. The van der Waals surface area contributed by atoms with Gasteiger partial charge in [-0.3, -0.25) is 4.79 Å². The first-order valence-corrected chi connectivity index (χ1v) is 10.9. The van der Waals surface area contributed by atoms with Crippen LogP contribution in [0.5, 0.6) is 0 Å². The number of carbonyl (C=O) groups excluding carboxylic acids is 1. The SMILES string of the molecule is C[N+](C)(CI)CCCNC(=O)C(F)(F)C(F)(F)N(C(F)F)C(F)(F)C(F)(F)N(C(F)(F)F)C(F)(F)C(F)F. The highest BCUT2D eigenvalue weighted by molar-refractivity contribution is 14.1. The molecule has 0 rings (SSSR count). The summed E-state index contributed by atoms with van der Waals surface area (Å²) in [6.45, 7) is -6.92. The first-order chi connectivity index (χ1) is 16.6. The number of amides is 1. The van der Waals surface area contributed by atoms with Gasteiger partial charge in [0.25, 0.3) is 5.91 Å². The maximum absolute atomic E-state index is 14.1. The fourth-order valence-corrected chi connectivity index (χ4v) is 2.82. The summed E-state index contributed by atoms with van der Waals surface area (Å²) < 4.78 is 228. The van der Waals surface area contributed by atoms with Gasteiger partial charge < -0.3 is 9.80 Å². The predicted molar refractivity (Wildman–Crippen MR) is 100.0 cm³/mol.